The Bertz CT molecular complexity index is 249. The Labute approximate surface area is 97.1 Å². The zero-order chi connectivity index (χ0) is 11.5. The Morgan fingerprint density at radius 2 is 2.06 bits per heavy atom. The highest BCUT2D eigenvalue weighted by Gasteiger charge is 2.36. The van der Waals surface area contributed by atoms with Crippen molar-refractivity contribution in [2.75, 3.05) is 13.1 Å². The van der Waals surface area contributed by atoms with Gasteiger partial charge in [0.2, 0.25) is 0 Å². The van der Waals surface area contributed by atoms with Gasteiger partial charge in [0, 0.05) is 6.04 Å². The topological polar surface area (TPSA) is 55.6 Å². The van der Waals surface area contributed by atoms with E-state index in [2.05, 4.69) is 6.92 Å². The van der Waals surface area contributed by atoms with E-state index in [0.29, 0.717) is 12.0 Å². The molecule has 0 spiro atoms. The number of nitrogens with two attached hydrogens (primary N) is 1. The van der Waals surface area contributed by atoms with E-state index in [4.69, 9.17) is 10.5 Å². The second-order valence-corrected chi connectivity index (χ2v) is 4.98. The summed E-state index contributed by atoms with van der Waals surface area (Å²) in [6.45, 7) is 3.63. The molecule has 1 saturated heterocycles. The molecule has 0 bridgehead atoms. The number of nitrogens with zero attached hydrogens (tertiary/aromatic N) is 1. The average Bonchev–Trinajstić information content (AvgIpc) is 2.71. The predicted octanol–water partition coefficient (Wildman–Crippen LogP) is 1.73. The molecule has 2 fully saturated rings. The first-order valence-corrected chi connectivity index (χ1v) is 6.42. The van der Waals surface area contributed by atoms with Crippen LogP contribution in [0.3, 0.4) is 0 Å². The summed E-state index contributed by atoms with van der Waals surface area (Å²) in [5.74, 6) is 0.664. The van der Waals surface area contributed by atoms with Crippen LogP contribution in [0.2, 0.25) is 0 Å². The summed E-state index contributed by atoms with van der Waals surface area (Å²) in [5, 5.41) is 0. The third-order valence-corrected chi connectivity index (χ3v) is 3.95. The molecule has 0 aromatic rings. The molecular weight excluding hydrogens is 204 g/mol. The maximum Gasteiger partial charge on any atom is 0.410 e. The lowest BCUT2D eigenvalue weighted by molar-refractivity contribution is 0.119. The number of cyclic esters (lactones) is 1. The number of carbonyl (C=O) groups is 1. The molecule has 92 valence electrons. The Balaban J connectivity index is 1.87. The van der Waals surface area contributed by atoms with Gasteiger partial charge in [-0.25, -0.2) is 4.79 Å². The highest BCUT2D eigenvalue weighted by atomic mass is 16.6. The minimum Gasteiger partial charge on any atom is -0.444 e. The van der Waals surface area contributed by atoms with E-state index in [9.17, 15) is 4.79 Å². The molecule has 0 aromatic carbocycles. The first kappa shape index (κ1) is 11.7. The third-order valence-electron chi connectivity index (χ3n) is 3.95. The maximum absolute atomic E-state index is 11.7. The van der Waals surface area contributed by atoms with Crippen LogP contribution < -0.4 is 5.73 Å². The predicted molar refractivity (Wildman–Crippen MR) is 62.1 cm³/mol. The first-order chi connectivity index (χ1) is 7.74. The van der Waals surface area contributed by atoms with Crippen LogP contribution >= 0.6 is 0 Å². The standard InChI is InChI=1S/C12H22N2O2/c1-2-11-8-14(12(15)16-11)10-5-3-9(7-13)4-6-10/h9-11H,2-8,13H2,1H3. The van der Waals surface area contributed by atoms with Crippen LogP contribution in [0, 0.1) is 5.92 Å². The number of rotatable bonds is 3. The van der Waals surface area contributed by atoms with Crippen LogP contribution in [0.5, 0.6) is 0 Å². The van der Waals surface area contributed by atoms with E-state index in [-0.39, 0.29) is 12.2 Å². The van der Waals surface area contributed by atoms with Crippen molar-refractivity contribution in [3.8, 4) is 0 Å². The lowest BCUT2D eigenvalue weighted by Crippen LogP contribution is -2.39. The second kappa shape index (κ2) is 5.04. The second-order valence-electron chi connectivity index (χ2n) is 4.98. The largest absolute Gasteiger partial charge is 0.444 e. The van der Waals surface area contributed by atoms with Crippen molar-refractivity contribution in [3.05, 3.63) is 0 Å². The van der Waals surface area contributed by atoms with E-state index >= 15 is 0 Å². The van der Waals surface area contributed by atoms with Crippen molar-refractivity contribution in [3.63, 3.8) is 0 Å². The smallest absolute Gasteiger partial charge is 0.410 e. The summed E-state index contributed by atoms with van der Waals surface area (Å²) in [5.41, 5.74) is 5.67. The zero-order valence-corrected chi connectivity index (χ0v) is 10.0. The van der Waals surface area contributed by atoms with Gasteiger partial charge in [0.05, 0.1) is 6.54 Å². The van der Waals surface area contributed by atoms with E-state index in [1.165, 1.54) is 0 Å². The minimum atomic E-state index is -0.108. The molecule has 1 unspecified atom stereocenters. The fourth-order valence-corrected chi connectivity index (χ4v) is 2.74. The lowest BCUT2D eigenvalue weighted by atomic mass is 9.85. The summed E-state index contributed by atoms with van der Waals surface area (Å²) in [7, 11) is 0. The van der Waals surface area contributed by atoms with E-state index in [1.54, 1.807) is 0 Å². The van der Waals surface area contributed by atoms with Gasteiger partial charge in [-0.15, -0.1) is 0 Å². The van der Waals surface area contributed by atoms with Crippen LogP contribution in [0.25, 0.3) is 0 Å². The molecule has 1 aliphatic carbocycles. The van der Waals surface area contributed by atoms with E-state index in [0.717, 1.165) is 45.2 Å². The van der Waals surface area contributed by atoms with Crippen LogP contribution in [0.1, 0.15) is 39.0 Å². The molecule has 1 aliphatic heterocycles. The monoisotopic (exact) mass is 226 g/mol. The van der Waals surface area contributed by atoms with Crippen LogP contribution in [-0.4, -0.2) is 36.2 Å². The van der Waals surface area contributed by atoms with Crippen molar-refractivity contribution in [1.29, 1.82) is 0 Å². The van der Waals surface area contributed by atoms with Gasteiger partial charge in [-0.3, -0.25) is 0 Å². The molecule has 1 saturated carbocycles. The highest BCUT2D eigenvalue weighted by molar-refractivity contribution is 5.70. The summed E-state index contributed by atoms with van der Waals surface area (Å²) >= 11 is 0. The van der Waals surface area contributed by atoms with E-state index < -0.39 is 0 Å². The Morgan fingerprint density at radius 1 is 1.38 bits per heavy atom. The number of ether oxygens (including phenoxy) is 1. The molecule has 1 atom stereocenters. The van der Waals surface area contributed by atoms with Gasteiger partial charge in [0.25, 0.3) is 0 Å². The van der Waals surface area contributed by atoms with Crippen LogP contribution in [-0.2, 0) is 4.74 Å². The molecule has 2 aliphatic rings. The van der Waals surface area contributed by atoms with Crippen molar-refractivity contribution < 1.29 is 9.53 Å². The van der Waals surface area contributed by atoms with Crippen LogP contribution in [0.15, 0.2) is 0 Å². The highest BCUT2D eigenvalue weighted by Crippen LogP contribution is 2.29. The molecule has 4 nitrogen and oxygen atoms in total. The maximum atomic E-state index is 11.7. The molecule has 0 radical (unpaired) electrons. The normalized spacial score (nSPS) is 35.2. The van der Waals surface area contributed by atoms with Gasteiger partial charge in [-0.05, 0) is 44.6 Å². The number of hydrogen-bond donors (Lipinski definition) is 1. The molecule has 0 aromatic heterocycles. The molecule has 16 heavy (non-hydrogen) atoms. The lowest BCUT2D eigenvalue weighted by Gasteiger charge is -2.32. The third kappa shape index (κ3) is 2.32. The Hall–Kier alpha value is -0.770. The van der Waals surface area contributed by atoms with Crippen LogP contribution in [0.4, 0.5) is 4.79 Å². The van der Waals surface area contributed by atoms with Crippen molar-refractivity contribution >= 4 is 6.09 Å². The quantitative estimate of drug-likeness (QED) is 0.797. The zero-order valence-electron chi connectivity index (χ0n) is 10.0. The number of hydrogen-bond acceptors (Lipinski definition) is 3. The molecular formula is C12H22N2O2. The fraction of sp³-hybridized carbons (Fsp3) is 0.917. The molecule has 1 amide bonds. The van der Waals surface area contributed by atoms with Crippen molar-refractivity contribution in [2.24, 2.45) is 11.7 Å². The minimum absolute atomic E-state index is 0.108. The molecule has 2 rings (SSSR count). The van der Waals surface area contributed by atoms with Gasteiger partial charge in [-0.2, -0.15) is 0 Å². The average molecular weight is 226 g/mol. The van der Waals surface area contributed by atoms with E-state index in [1.807, 2.05) is 4.90 Å². The summed E-state index contributed by atoms with van der Waals surface area (Å²) in [6, 6.07) is 0.395. The van der Waals surface area contributed by atoms with Crippen molar-refractivity contribution in [1.82, 2.24) is 4.90 Å². The van der Waals surface area contributed by atoms with Gasteiger partial charge in [-0.1, -0.05) is 6.92 Å². The van der Waals surface area contributed by atoms with Gasteiger partial charge in [0.1, 0.15) is 6.10 Å². The Morgan fingerprint density at radius 3 is 2.56 bits per heavy atom. The summed E-state index contributed by atoms with van der Waals surface area (Å²) in [4.78, 5) is 13.6. The molecule has 2 N–H and O–H groups in total. The number of carbonyl (C=O) groups excluding carboxylic acids is 1. The van der Waals surface area contributed by atoms with Crippen molar-refractivity contribution in [2.45, 2.75) is 51.2 Å². The van der Waals surface area contributed by atoms with Gasteiger partial charge >= 0.3 is 6.09 Å². The number of amides is 1. The molecule has 1 heterocycles. The first-order valence-electron chi connectivity index (χ1n) is 6.42. The summed E-state index contributed by atoms with van der Waals surface area (Å²) in [6.07, 6.45) is 5.41. The molecule has 4 heteroatoms. The fourth-order valence-electron chi connectivity index (χ4n) is 2.74. The summed E-state index contributed by atoms with van der Waals surface area (Å²) < 4.78 is 5.29. The SMILES string of the molecule is CCC1CN(C2CCC(CN)CC2)C(=O)O1. The van der Waals surface area contributed by atoms with Gasteiger partial charge in [0.15, 0.2) is 0 Å². The Kier molecular flexibility index (Phi) is 3.69. The van der Waals surface area contributed by atoms with Gasteiger partial charge < -0.3 is 15.4 Å².